The molecular formula is C11H12ClNO3. The Kier molecular flexibility index (Phi) is 4.04. The van der Waals surface area contributed by atoms with E-state index in [9.17, 15) is 9.90 Å². The molecule has 0 aliphatic rings. The molecule has 4 nitrogen and oxygen atoms in total. The molecule has 2 N–H and O–H groups in total. The fourth-order valence-corrected chi connectivity index (χ4v) is 1.64. The van der Waals surface area contributed by atoms with E-state index < -0.39 is 11.6 Å². The maximum Gasteiger partial charge on any atom is 0.340 e. The van der Waals surface area contributed by atoms with Crippen LogP contribution in [0.4, 0.5) is 0 Å². The number of carboxylic acid groups (broad SMARTS) is 1. The molecule has 1 unspecified atom stereocenters. The molecule has 86 valence electrons. The first-order valence-corrected chi connectivity index (χ1v) is 5.08. The molecule has 0 bridgehead atoms. The smallest absolute Gasteiger partial charge is 0.340 e. The van der Waals surface area contributed by atoms with Crippen LogP contribution in [-0.4, -0.2) is 21.2 Å². The Hall–Kier alpha value is -1.39. The topological polar surface area (TPSA) is 70.4 Å². The summed E-state index contributed by atoms with van der Waals surface area (Å²) in [6.07, 6.45) is 3.35. The molecule has 0 saturated carbocycles. The molecule has 0 radical (unpaired) electrons. The van der Waals surface area contributed by atoms with Crippen molar-refractivity contribution in [2.24, 2.45) is 0 Å². The van der Waals surface area contributed by atoms with Crippen LogP contribution >= 0.6 is 11.6 Å². The van der Waals surface area contributed by atoms with Crippen molar-refractivity contribution < 1.29 is 15.0 Å². The molecule has 1 atom stereocenters. The molecule has 0 amide bonds. The number of rotatable bonds is 5. The molecular weight excluding hydrogens is 230 g/mol. The summed E-state index contributed by atoms with van der Waals surface area (Å²) >= 11 is 5.77. The maximum absolute atomic E-state index is 11.1. The van der Waals surface area contributed by atoms with Gasteiger partial charge in [0.2, 0.25) is 0 Å². The van der Waals surface area contributed by atoms with Gasteiger partial charge in [-0.2, -0.15) is 0 Å². The zero-order valence-electron chi connectivity index (χ0n) is 8.56. The van der Waals surface area contributed by atoms with Crippen molar-refractivity contribution in [3.8, 4) is 0 Å². The zero-order chi connectivity index (χ0) is 12.2. The van der Waals surface area contributed by atoms with Crippen LogP contribution in [0.3, 0.4) is 0 Å². The van der Waals surface area contributed by atoms with Crippen LogP contribution in [0.5, 0.6) is 0 Å². The molecule has 0 fully saturated rings. The highest BCUT2D eigenvalue weighted by molar-refractivity contribution is 6.30. The molecule has 1 aromatic rings. The highest BCUT2D eigenvalue weighted by atomic mass is 35.5. The van der Waals surface area contributed by atoms with Crippen molar-refractivity contribution in [3.63, 3.8) is 0 Å². The molecule has 0 aromatic carbocycles. The summed E-state index contributed by atoms with van der Waals surface area (Å²) in [5.74, 6) is -1.34. The lowest BCUT2D eigenvalue weighted by Gasteiger charge is -2.23. The van der Waals surface area contributed by atoms with Crippen LogP contribution in [0.25, 0.3) is 0 Å². The van der Waals surface area contributed by atoms with Crippen LogP contribution in [-0.2, 0) is 10.4 Å². The third kappa shape index (κ3) is 2.40. The summed E-state index contributed by atoms with van der Waals surface area (Å²) in [5.41, 5.74) is -1.91. The van der Waals surface area contributed by atoms with Crippen LogP contribution in [0.15, 0.2) is 31.0 Å². The zero-order valence-corrected chi connectivity index (χ0v) is 9.31. The third-order valence-corrected chi connectivity index (χ3v) is 2.57. The number of aliphatic hydroxyl groups is 1. The molecule has 5 heteroatoms. The molecule has 1 rings (SSSR count). The number of halogens is 1. The normalized spacial score (nSPS) is 14.1. The fourth-order valence-electron chi connectivity index (χ4n) is 1.36. The number of carboxylic acids is 1. The lowest BCUT2D eigenvalue weighted by molar-refractivity contribution is -0.160. The molecule has 1 heterocycles. The minimum atomic E-state index is -2.01. The quantitative estimate of drug-likeness (QED) is 0.611. The van der Waals surface area contributed by atoms with Gasteiger partial charge in [0, 0.05) is 11.8 Å². The van der Waals surface area contributed by atoms with E-state index in [1.165, 1.54) is 24.4 Å². The standard InChI is InChI=1S/C11H12ClNO3/c1-2-3-6-11(16,10(14)15)8-5-4-7-13-9(8)12/h2,4-5,7,16H,1,3,6H2,(H,14,15). The second-order valence-corrected chi connectivity index (χ2v) is 3.69. The monoisotopic (exact) mass is 241 g/mol. The van der Waals surface area contributed by atoms with Crippen molar-refractivity contribution in [2.45, 2.75) is 18.4 Å². The Bertz CT molecular complexity index is 408. The highest BCUT2D eigenvalue weighted by Gasteiger charge is 2.39. The number of aliphatic carboxylic acids is 1. The number of hydrogen-bond acceptors (Lipinski definition) is 3. The van der Waals surface area contributed by atoms with Gasteiger partial charge < -0.3 is 10.2 Å². The van der Waals surface area contributed by atoms with E-state index in [0.717, 1.165) is 0 Å². The number of aromatic nitrogens is 1. The summed E-state index contributed by atoms with van der Waals surface area (Å²) in [7, 11) is 0. The predicted octanol–water partition coefficient (Wildman–Crippen LogP) is 1.97. The Morgan fingerprint density at radius 3 is 2.88 bits per heavy atom. The molecule has 1 aromatic heterocycles. The Morgan fingerprint density at radius 1 is 1.69 bits per heavy atom. The number of nitrogens with zero attached hydrogens (tertiary/aromatic N) is 1. The van der Waals surface area contributed by atoms with Crippen molar-refractivity contribution in [2.75, 3.05) is 0 Å². The number of pyridine rings is 1. The summed E-state index contributed by atoms with van der Waals surface area (Å²) in [6.45, 7) is 3.49. The molecule has 0 saturated heterocycles. The van der Waals surface area contributed by atoms with Gasteiger partial charge in [-0.15, -0.1) is 6.58 Å². The average molecular weight is 242 g/mol. The molecule has 0 aliphatic carbocycles. The minimum absolute atomic E-state index is 0.00328. The van der Waals surface area contributed by atoms with Gasteiger partial charge in [-0.1, -0.05) is 23.7 Å². The van der Waals surface area contributed by atoms with E-state index in [1.807, 2.05) is 0 Å². The largest absolute Gasteiger partial charge is 0.479 e. The molecule has 0 spiro atoms. The van der Waals surface area contributed by atoms with Gasteiger partial charge in [-0.05, 0) is 18.9 Å². The first kappa shape index (κ1) is 12.7. The Morgan fingerprint density at radius 2 is 2.38 bits per heavy atom. The first-order valence-electron chi connectivity index (χ1n) is 4.70. The second kappa shape index (κ2) is 5.09. The summed E-state index contributed by atoms with van der Waals surface area (Å²) < 4.78 is 0. The van der Waals surface area contributed by atoms with E-state index in [1.54, 1.807) is 0 Å². The van der Waals surface area contributed by atoms with Gasteiger partial charge in [0.05, 0.1) is 0 Å². The van der Waals surface area contributed by atoms with E-state index in [-0.39, 0.29) is 17.1 Å². The van der Waals surface area contributed by atoms with Crippen LogP contribution in [0, 0.1) is 0 Å². The Labute approximate surface area is 98.2 Å². The highest BCUT2D eigenvalue weighted by Crippen LogP contribution is 2.31. The first-order chi connectivity index (χ1) is 7.52. The van der Waals surface area contributed by atoms with E-state index in [0.29, 0.717) is 6.42 Å². The van der Waals surface area contributed by atoms with Gasteiger partial charge in [0.25, 0.3) is 0 Å². The third-order valence-electron chi connectivity index (χ3n) is 2.27. The summed E-state index contributed by atoms with van der Waals surface area (Å²) in [4.78, 5) is 14.9. The van der Waals surface area contributed by atoms with Gasteiger partial charge in [0.1, 0.15) is 5.15 Å². The lowest BCUT2D eigenvalue weighted by atomic mass is 9.90. The second-order valence-electron chi connectivity index (χ2n) is 3.33. The summed E-state index contributed by atoms with van der Waals surface area (Å²) in [6, 6.07) is 2.98. The van der Waals surface area contributed by atoms with Gasteiger partial charge in [-0.3, -0.25) is 0 Å². The van der Waals surface area contributed by atoms with Crippen LogP contribution < -0.4 is 0 Å². The average Bonchev–Trinajstić information content (AvgIpc) is 2.26. The predicted molar refractivity (Wildman–Crippen MR) is 60.2 cm³/mol. The number of hydrogen-bond donors (Lipinski definition) is 2. The van der Waals surface area contributed by atoms with E-state index in [4.69, 9.17) is 16.7 Å². The lowest BCUT2D eigenvalue weighted by Crippen LogP contribution is -2.35. The van der Waals surface area contributed by atoms with Crippen molar-refractivity contribution >= 4 is 17.6 Å². The van der Waals surface area contributed by atoms with Gasteiger partial charge >= 0.3 is 5.97 Å². The minimum Gasteiger partial charge on any atom is -0.479 e. The van der Waals surface area contributed by atoms with Crippen molar-refractivity contribution in [3.05, 3.63) is 41.7 Å². The van der Waals surface area contributed by atoms with E-state index in [2.05, 4.69) is 11.6 Å². The van der Waals surface area contributed by atoms with Crippen molar-refractivity contribution in [1.29, 1.82) is 0 Å². The van der Waals surface area contributed by atoms with Crippen molar-refractivity contribution in [1.82, 2.24) is 4.98 Å². The maximum atomic E-state index is 11.1. The van der Waals surface area contributed by atoms with Crippen LogP contribution in [0.2, 0.25) is 5.15 Å². The van der Waals surface area contributed by atoms with Gasteiger partial charge in [-0.25, -0.2) is 9.78 Å². The van der Waals surface area contributed by atoms with Crippen LogP contribution in [0.1, 0.15) is 18.4 Å². The van der Waals surface area contributed by atoms with Gasteiger partial charge in [0.15, 0.2) is 5.60 Å². The molecule has 0 aliphatic heterocycles. The number of carbonyl (C=O) groups is 1. The SMILES string of the molecule is C=CCCC(O)(C(=O)O)c1cccnc1Cl. The molecule has 16 heavy (non-hydrogen) atoms. The summed E-state index contributed by atoms with van der Waals surface area (Å²) in [5, 5.41) is 19.2. The number of allylic oxidation sites excluding steroid dienone is 1. The van der Waals surface area contributed by atoms with E-state index >= 15 is 0 Å². The fraction of sp³-hybridized carbons (Fsp3) is 0.273. The Balaban J connectivity index is 3.16.